The minimum atomic E-state index is -1.06. The summed E-state index contributed by atoms with van der Waals surface area (Å²) >= 11 is 0. The van der Waals surface area contributed by atoms with Gasteiger partial charge in [-0.25, -0.2) is 4.79 Å². The predicted octanol–water partition coefficient (Wildman–Crippen LogP) is 1.58. The van der Waals surface area contributed by atoms with Gasteiger partial charge in [-0.2, -0.15) is 5.26 Å². The Hall–Kier alpha value is -3.08. The summed E-state index contributed by atoms with van der Waals surface area (Å²) in [4.78, 5) is 40.7. The Morgan fingerprint density at radius 2 is 1.78 bits per heavy atom. The van der Waals surface area contributed by atoms with Crippen LogP contribution in [-0.4, -0.2) is 60.5 Å². The minimum Gasteiger partial charge on any atom is -0.450 e. The fourth-order valence-electron chi connectivity index (χ4n) is 3.20. The molecule has 0 atom stereocenters. The summed E-state index contributed by atoms with van der Waals surface area (Å²) in [5, 5.41) is 11.9. The lowest BCUT2D eigenvalue weighted by Crippen LogP contribution is -2.53. The molecule has 1 aromatic carbocycles. The van der Waals surface area contributed by atoms with Gasteiger partial charge < -0.3 is 19.9 Å². The number of rotatable bonds is 4. The van der Waals surface area contributed by atoms with Crippen LogP contribution in [0.1, 0.15) is 25.3 Å². The normalized spacial score (nSPS) is 17.6. The number of ether oxygens (including phenoxy) is 1. The number of carbonyl (C=O) groups is 3. The Morgan fingerprint density at radius 1 is 1.15 bits per heavy atom. The first kappa shape index (κ1) is 18.7. The second-order valence-corrected chi connectivity index (χ2v) is 6.67. The van der Waals surface area contributed by atoms with Gasteiger partial charge in [0.15, 0.2) is 0 Å². The Bertz CT molecular complexity index is 789. The lowest BCUT2D eigenvalue weighted by Gasteiger charge is -2.35. The van der Waals surface area contributed by atoms with Gasteiger partial charge in [0.1, 0.15) is 11.5 Å². The van der Waals surface area contributed by atoms with Crippen LogP contribution in [-0.2, 0) is 14.3 Å². The molecule has 1 heterocycles. The number of hydrogen-bond donors (Lipinski definition) is 1. The van der Waals surface area contributed by atoms with Crippen molar-refractivity contribution < 1.29 is 19.1 Å². The topological polar surface area (TPSA) is 103 Å². The molecule has 0 aromatic heterocycles. The molecule has 1 N–H and O–H groups in total. The Morgan fingerprint density at radius 3 is 2.37 bits per heavy atom. The highest BCUT2D eigenvalue weighted by atomic mass is 16.6. The largest absolute Gasteiger partial charge is 0.450 e. The molecule has 8 heteroatoms. The molecule has 3 amide bonds. The zero-order chi connectivity index (χ0) is 19.4. The number of nitrogens with one attached hydrogen (secondary N) is 1. The van der Waals surface area contributed by atoms with E-state index in [2.05, 4.69) is 5.32 Å². The van der Waals surface area contributed by atoms with Gasteiger partial charge in [-0.05, 0) is 31.9 Å². The van der Waals surface area contributed by atoms with E-state index in [1.807, 2.05) is 6.07 Å². The first-order valence-electron chi connectivity index (χ1n) is 9.03. The van der Waals surface area contributed by atoms with Crippen LogP contribution in [0.3, 0.4) is 0 Å². The molecule has 2 fully saturated rings. The van der Waals surface area contributed by atoms with Crippen molar-refractivity contribution in [1.29, 1.82) is 5.26 Å². The van der Waals surface area contributed by atoms with Gasteiger partial charge in [0, 0.05) is 26.2 Å². The Balaban J connectivity index is 1.62. The summed E-state index contributed by atoms with van der Waals surface area (Å²) in [7, 11) is 0. The van der Waals surface area contributed by atoms with Crippen LogP contribution in [0.15, 0.2) is 24.3 Å². The fraction of sp³-hybridized carbons (Fsp3) is 0.474. The average molecular weight is 370 g/mol. The molecule has 2 aliphatic rings. The van der Waals surface area contributed by atoms with Gasteiger partial charge in [0.25, 0.3) is 0 Å². The average Bonchev–Trinajstić information content (AvgIpc) is 3.50. The molecular weight excluding hydrogens is 348 g/mol. The van der Waals surface area contributed by atoms with E-state index in [0.29, 0.717) is 56.9 Å². The summed E-state index contributed by atoms with van der Waals surface area (Å²) in [6, 6.07) is 8.74. The second-order valence-electron chi connectivity index (χ2n) is 6.67. The van der Waals surface area contributed by atoms with E-state index < -0.39 is 5.41 Å². The molecule has 0 unspecified atom stereocenters. The highest BCUT2D eigenvalue weighted by Gasteiger charge is 2.58. The number of nitriles is 1. The first-order chi connectivity index (χ1) is 13.0. The van der Waals surface area contributed by atoms with Gasteiger partial charge >= 0.3 is 6.09 Å². The maximum absolute atomic E-state index is 12.9. The van der Waals surface area contributed by atoms with Crippen molar-refractivity contribution in [3.63, 3.8) is 0 Å². The third-order valence-electron chi connectivity index (χ3n) is 4.98. The van der Waals surface area contributed by atoms with Gasteiger partial charge in [-0.1, -0.05) is 12.1 Å². The van der Waals surface area contributed by atoms with E-state index in [1.165, 1.54) is 0 Å². The highest BCUT2D eigenvalue weighted by Crippen LogP contribution is 2.48. The molecule has 0 radical (unpaired) electrons. The summed E-state index contributed by atoms with van der Waals surface area (Å²) in [6.45, 7) is 3.59. The van der Waals surface area contributed by atoms with Crippen molar-refractivity contribution in [3.8, 4) is 6.07 Å². The third-order valence-corrected chi connectivity index (χ3v) is 4.98. The predicted molar refractivity (Wildman–Crippen MR) is 96.6 cm³/mol. The minimum absolute atomic E-state index is 0.210. The smallest absolute Gasteiger partial charge is 0.409 e. The van der Waals surface area contributed by atoms with Crippen molar-refractivity contribution in [1.82, 2.24) is 9.80 Å². The number of anilines is 1. The number of para-hydroxylation sites is 1. The molecule has 1 aliphatic carbocycles. The molecule has 1 saturated heterocycles. The monoisotopic (exact) mass is 370 g/mol. The van der Waals surface area contributed by atoms with Crippen molar-refractivity contribution >= 4 is 23.6 Å². The number of hydrogen-bond acceptors (Lipinski definition) is 5. The molecule has 1 aliphatic heterocycles. The van der Waals surface area contributed by atoms with Crippen LogP contribution in [0.25, 0.3) is 0 Å². The van der Waals surface area contributed by atoms with E-state index in [9.17, 15) is 14.4 Å². The van der Waals surface area contributed by atoms with Gasteiger partial charge in [-0.15, -0.1) is 0 Å². The highest BCUT2D eigenvalue weighted by molar-refractivity contribution is 6.13. The summed E-state index contributed by atoms with van der Waals surface area (Å²) in [5.74, 6) is -0.582. The zero-order valence-corrected chi connectivity index (χ0v) is 15.2. The molecule has 0 bridgehead atoms. The van der Waals surface area contributed by atoms with E-state index in [0.717, 1.165) is 0 Å². The number of carbonyl (C=O) groups excluding carboxylic acids is 3. The SMILES string of the molecule is CCOC(=O)N1CCN(C(=O)C2(C(=O)Nc3ccccc3C#N)CC2)CC1. The third kappa shape index (κ3) is 3.72. The van der Waals surface area contributed by atoms with Crippen molar-refractivity contribution in [3.05, 3.63) is 29.8 Å². The maximum Gasteiger partial charge on any atom is 0.409 e. The molecule has 142 valence electrons. The van der Waals surface area contributed by atoms with Crippen LogP contribution in [0.4, 0.5) is 10.5 Å². The molecule has 1 saturated carbocycles. The summed E-state index contributed by atoms with van der Waals surface area (Å²) < 4.78 is 4.98. The molecule has 0 spiro atoms. The molecule has 27 heavy (non-hydrogen) atoms. The number of amides is 3. The lowest BCUT2D eigenvalue weighted by atomic mass is 10.0. The number of piperazine rings is 1. The fourth-order valence-corrected chi connectivity index (χ4v) is 3.20. The quantitative estimate of drug-likeness (QED) is 0.811. The Labute approximate surface area is 157 Å². The maximum atomic E-state index is 12.9. The second kappa shape index (κ2) is 7.66. The Kier molecular flexibility index (Phi) is 5.31. The summed E-state index contributed by atoms with van der Waals surface area (Å²) in [6.07, 6.45) is 0.603. The van der Waals surface area contributed by atoms with Gasteiger partial charge in [0.05, 0.1) is 17.9 Å². The van der Waals surface area contributed by atoms with E-state index >= 15 is 0 Å². The summed E-state index contributed by atoms with van der Waals surface area (Å²) in [5.41, 5.74) is -0.289. The van der Waals surface area contributed by atoms with Crippen molar-refractivity contribution in [2.45, 2.75) is 19.8 Å². The van der Waals surface area contributed by atoms with Crippen LogP contribution < -0.4 is 5.32 Å². The number of nitrogens with zero attached hydrogens (tertiary/aromatic N) is 3. The standard InChI is InChI=1S/C19H22N4O4/c1-2-27-18(26)23-11-9-22(10-12-23)17(25)19(7-8-19)16(24)21-15-6-4-3-5-14(15)13-20/h3-6H,2,7-12H2,1H3,(H,21,24). The van der Waals surface area contributed by atoms with Crippen molar-refractivity contribution in [2.24, 2.45) is 5.41 Å². The van der Waals surface area contributed by atoms with Crippen molar-refractivity contribution in [2.75, 3.05) is 38.1 Å². The number of benzene rings is 1. The van der Waals surface area contributed by atoms with Gasteiger partial charge in [-0.3, -0.25) is 9.59 Å². The molecular formula is C19H22N4O4. The van der Waals surface area contributed by atoms with Gasteiger partial charge in [0.2, 0.25) is 11.8 Å². The van der Waals surface area contributed by atoms with Crippen LogP contribution in [0.2, 0.25) is 0 Å². The molecule has 3 rings (SSSR count). The molecule has 1 aromatic rings. The van der Waals surface area contributed by atoms with Crippen LogP contribution in [0.5, 0.6) is 0 Å². The molecule has 8 nitrogen and oxygen atoms in total. The first-order valence-corrected chi connectivity index (χ1v) is 9.03. The van der Waals surface area contributed by atoms with E-state index in [4.69, 9.17) is 10.00 Å². The lowest BCUT2D eigenvalue weighted by molar-refractivity contribution is -0.143. The van der Waals surface area contributed by atoms with Crippen LogP contribution in [0, 0.1) is 16.7 Å². The zero-order valence-electron chi connectivity index (χ0n) is 15.2. The van der Waals surface area contributed by atoms with E-state index in [1.54, 1.807) is 41.0 Å². The van der Waals surface area contributed by atoms with Crippen LogP contribution >= 0.6 is 0 Å². The van der Waals surface area contributed by atoms with E-state index in [-0.39, 0.29) is 17.9 Å².